The third kappa shape index (κ3) is 35.8. The molecule has 0 bridgehead atoms. The molecule has 0 aliphatic heterocycles. The van der Waals surface area contributed by atoms with Gasteiger partial charge >= 0.3 is 11.9 Å². The van der Waals surface area contributed by atoms with Crippen LogP contribution in [0.2, 0.25) is 0 Å². The van der Waals surface area contributed by atoms with Gasteiger partial charge in [-0.2, -0.15) is 0 Å². The molecule has 0 heterocycles. The summed E-state index contributed by atoms with van der Waals surface area (Å²) in [4.78, 5) is 37.3. The molecule has 0 radical (unpaired) electrons. The molecule has 50 heavy (non-hydrogen) atoms. The molecule has 9 nitrogen and oxygen atoms in total. The topological polar surface area (TPSA) is 111 Å². The number of ether oxygens (including phenoxy) is 2. The number of likely N-dealkylation sites (N-methyl/N-ethyl adjacent to an activating group) is 1. The number of rotatable bonds is 34. The van der Waals surface area contributed by atoms with Crippen LogP contribution in [0.15, 0.2) is 48.6 Å². The van der Waals surface area contributed by atoms with Gasteiger partial charge in [0.05, 0.1) is 27.7 Å². The van der Waals surface area contributed by atoms with E-state index in [0.717, 1.165) is 38.5 Å². The number of nitrogens with zero attached hydrogens (tertiary/aromatic N) is 1. The van der Waals surface area contributed by atoms with Gasteiger partial charge in [0, 0.05) is 12.8 Å². The average Bonchev–Trinajstić information content (AvgIpc) is 3.06. The van der Waals surface area contributed by atoms with Gasteiger partial charge in [0.25, 0.3) is 7.82 Å². The second-order valence-electron chi connectivity index (χ2n) is 14.0. The van der Waals surface area contributed by atoms with Gasteiger partial charge < -0.3 is 27.9 Å². The molecule has 0 rings (SSSR count). The summed E-state index contributed by atoms with van der Waals surface area (Å²) in [5.41, 5.74) is 0. The average molecular weight is 726 g/mol. The van der Waals surface area contributed by atoms with Gasteiger partial charge in [-0.3, -0.25) is 14.2 Å². The summed E-state index contributed by atoms with van der Waals surface area (Å²) in [6.45, 7) is 3.91. The molecule has 10 heteroatoms. The monoisotopic (exact) mass is 725 g/mol. The highest BCUT2D eigenvalue weighted by molar-refractivity contribution is 7.45. The Morgan fingerprint density at radius 2 is 1.16 bits per heavy atom. The smallest absolute Gasteiger partial charge is 0.306 e. The summed E-state index contributed by atoms with van der Waals surface area (Å²) in [5, 5.41) is 0. The first-order valence-electron chi connectivity index (χ1n) is 19.3. The van der Waals surface area contributed by atoms with Gasteiger partial charge in [-0.25, -0.2) is 0 Å². The van der Waals surface area contributed by atoms with E-state index in [2.05, 4.69) is 43.4 Å². The van der Waals surface area contributed by atoms with Crippen LogP contribution in [0.25, 0.3) is 0 Å². The number of unbranched alkanes of at least 4 members (excludes halogenated alkanes) is 13. The van der Waals surface area contributed by atoms with Gasteiger partial charge in [0.2, 0.25) is 0 Å². The zero-order valence-electron chi connectivity index (χ0n) is 32.3. The highest BCUT2D eigenvalue weighted by atomic mass is 31.2. The fourth-order valence-electron chi connectivity index (χ4n) is 4.88. The lowest BCUT2D eigenvalue weighted by Gasteiger charge is -2.28. The van der Waals surface area contributed by atoms with Crippen molar-refractivity contribution < 1.29 is 42.1 Å². The summed E-state index contributed by atoms with van der Waals surface area (Å²) < 4.78 is 33.7. The maximum absolute atomic E-state index is 12.6. The minimum absolute atomic E-state index is 0.0416. The summed E-state index contributed by atoms with van der Waals surface area (Å²) in [6, 6.07) is 0. The van der Waals surface area contributed by atoms with Crippen molar-refractivity contribution in [2.45, 2.75) is 148 Å². The van der Waals surface area contributed by atoms with Crippen molar-refractivity contribution >= 4 is 19.8 Å². The van der Waals surface area contributed by atoms with E-state index in [0.29, 0.717) is 23.9 Å². The lowest BCUT2D eigenvalue weighted by Crippen LogP contribution is -2.37. The normalized spacial score (nSPS) is 14.3. The fourth-order valence-corrected chi connectivity index (χ4v) is 5.61. The Balaban J connectivity index is 4.51. The Bertz CT molecular complexity index is 1000. The van der Waals surface area contributed by atoms with Crippen LogP contribution in [0.5, 0.6) is 0 Å². The van der Waals surface area contributed by atoms with Crippen molar-refractivity contribution in [2.75, 3.05) is 47.5 Å². The Hall–Kier alpha value is -2.03. The zero-order chi connectivity index (χ0) is 37.2. The van der Waals surface area contributed by atoms with Crippen LogP contribution in [0.3, 0.4) is 0 Å². The molecule has 0 spiro atoms. The Morgan fingerprint density at radius 1 is 0.660 bits per heavy atom. The van der Waals surface area contributed by atoms with Gasteiger partial charge in [0.1, 0.15) is 19.8 Å². The Kier molecular flexibility index (Phi) is 31.5. The third-order valence-electron chi connectivity index (χ3n) is 7.95. The minimum atomic E-state index is -4.63. The van der Waals surface area contributed by atoms with Crippen molar-refractivity contribution in [1.82, 2.24) is 0 Å². The van der Waals surface area contributed by atoms with Crippen LogP contribution in [0, 0.1) is 0 Å². The zero-order valence-corrected chi connectivity index (χ0v) is 33.2. The van der Waals surface area contributed by atoms with E-state index >= 15 is 0 Å². The molecule has 2 atom stereocenters. The number of phosphoric acid groups is 1. The Morgan fingerprint density at radius 3 is 1.70 bits per heavy atom. The first kappa shape index (κ1) is 48.0. The second-order valence-corrected chi connectivity index (χ2v) is 15.4. The van der Waals surface area contributed by atoms with Crippen molar-refractivity contribution in [3.63, 3.8) is 0 Å². The highest BCUT2D eigenvalue weighted by Crippen LogP contribution is 2.38. The number of hydrogen-bond acceptors (Lipinski definition) is 8. The molecule has 1 unspecified atom stereocenters. The van der Waals surface area contributed by atoms with Gasteiger partial charge in [-0.05, 0) is 45.4 Å². The number of allylic oxidation sites excluding steroid dienone is 8. The molecule has 0 saturated heterocycles. The summed E-state index contributed by atoms with van der Waals surface area (Å²) >= 11 is 0. The van der Waals surface area contributed by atoms with Crippen LogP contribution in [0.1, 0.15) is 142 Å². The highest BCUT2D eigenvalue weighted by Gasteiger charge is 2.21. The molecule has 0 amide bonds. The number of hydrogen-bond donors (Lipinski definition) is 0. The number of phosphoric ester groups is 1. The third-order valence-corrected chi connectivity index (χ3v) is 8.91. The van der Waals surface area contributed by atoms with Crippen molar-refractivity contribution in [3.05, 3.63) is 48.6 Å². The summed E-state index contributed by atoms with van der Waals surface area (Å²) in [6.07, 6.45) is 35.9. The van der Waals surface area contributed by atoms with Crippen LogP contribution in [0.4, 0.5) is 0 Å². The first-order chi connectivity index (χ1) is 24.0. The molecule has 0 N–H and O–H groups in total. The predicted octanol–water partition coefficient (Wildman–Crippen LogP) is 9.72. The minimum Gasteiger partial charge on any atom is -0.756 e. The van der Waals surface area contributed by atoms with Gasteiger partial charge in [-0.1, -0.05) is 133 Å². The van der Waals surface area contributed by atoms with Crippen molar-refractivity contribution in [1.29, 1.82) is 0 Å². The van der Waals surface area contributed by atoms with E-state index in [4.69, 9.17) is 18.5 Å². The van der Waals surface area contributed by atoms with Crippen LogP contribution < -0.4 is 4.89 Å². The summed E-state index contributed by atoms with van der Waals surface area (Å²) in [5.74, 6) is -0.904. The molecule has 0 aromatic heterocycles. The number of esters is 2. The lowest BCUT2D eigenvalue weighted by molar-refractivity contribution is -0.870. The quantitative estimate of drug-likeness (QED) is 0.0212. The van der Waals surface area contributed by atoms with Crippen LogP contribution in [-0.4, -0.2) is 70.0 Å². The second kappa shape index (κ2) is 32.8. The molecular formula is C40H72NO8P. The van der Waals surface area contributed by atoms with Crippen LogP contribution >= 0.6 is 7.82 Å². The summed E-state index contributed by atoms with van der Waals surface area (Å²) in [7, 11) is 1.13. The molecule has 0 fully saturated rings. The van der Waals surface area contributed by atoms with Crippen LogP contribution in [-0.2, 0) is 32.7 Å². The lowest BCUT2D eigenvalue weighted by atomic mass is 10.0. The van der Waals surface area contributed by atoms with Gasteiger partial charge in [0.15, 0.2) is 6.10 Å². The largest absolute Gasteiger partial charge is 0.756 e. The molecule has 0 aromatic rings. The standard InChI is InChI=1S/C40H72NO8P/c1-6-8-10-12-14-16-18-20-22-24-26-28-30-32-39(42)46-36-38(37-48-50(44,45)47-35-34-41(3,4)5)49-40(43)33-31-29-27-25-23-21-19-17-15-13-11-9-7-2/h7,9,13,15,19,21,25,27,38H,6,8,10-12,14,16-18,20,22-24,26,28-37H2,1-5H3/b9-7-,15-13-,21-19-,27-25-/t38-/m1/s1. The maximum atomic E-state index is 12.6. The Labute approximate surface area is 305 Å². The van der Waals surface area contributed by atoms with E-state index in [1.165, 1.54) is 64.2 Å². The van der Waals surface area contributed by atoms with Crippen molar-refractivity contribution in [3.8, 4) is 0 Å². The molecular weight excluding hydrogens is 653 g/mol. The van der Waals surface area contributed by atoms with E-state index in [1.807, 2.05) is 40.2 Å². The maximum Gasteiger partial charge on any atom is 0.306 e. The van der Waals surface area contributed by atoms with E-state index in [9.17, 15) is 19.0 Å². The number of carbonyl (C=O) groups is 2. The first-order valence-corrected chi connectivity index (χ1v) is 20.8. The molecule has 290 valence electrons. The molecule has 0 aliphatic rings. The van der Waals surface area contributed by atoms with E-state index in [1.54, 1.807) is 0 Å². The molecule has 0 aromatic carbocycles. The number of quaternary nitrogens is 1. The molecule has 0 aliphatic carbocycles. The van der Waals surface area contributed by atoms with Crippen molar-refractivity contribution in [2.24, 2.45) is 0 Å². The van der Waals surface area contributed by atoms with E-state index < -0.39 is 32.5 Å². The van der Waals surface area contributed by atoms with Gasteiger partial charge in [-0.15, -0.1) is 0 Å². The molecule has 0 saturated carbocycles. The SMILES string of the molecule is C/C=C\C/C=C\C/C=C\C/C=C\CCCC(=O)O[C@H](COC(=O)CCCCCCCCCCCCCCC)COP(=O)([O-])OCC[N+](C)(C)C. The van der Waals surface area contributed by atoms with E-state index in [-0.39, 0.29) is 26.1 Å². The fraction of sp³-hybridized carbons (Fsp3) is 0.750. The number of carbonyl (C=O) groups excluding carboxylic acids is 2. The predicted molar refractivity (Wildman–Crippen MR) is 203 cm³/mol.